The average Bonchev–Trinajstić information content (AvgIpc) is 3.19. The SMILES string of the molecule is Cc1ccc(-c2c(/C=C(\C#N)C(=O)NCc3ccccc3)n(CCCO)c3ncnc(N)c23)cc1. The van der Waals surface area contributed by atoms with Crippen molar-refractivity contribution in [3.63, 3.8) is 0 Å². The van der Waals surface area contributed by atoms with E-state index in [1.165, 1.54) is 6.33 Å². The van der Waals surface area contributed by atoms with Crippen LogP contribution in [0.15, 0.2) is 66.5 Å². The highest BCUT2D eigenvalue weighted by Gasteiger charge is 2.22. The number of fused-ring (bicyclic) bond motifs is 1. The van der Waals surface area contributed by atoms with E-state index in [0.717, 1.165) is 22.3 Å². The van der Waals surface area contributed by atoms with Crippen molar-refractivity contribution < 1.29 is 9.90 Å². The van der Waals surface area contributed by atoms with Gasteiger partial charge in [-0.3, -0.25) is 4.79 Å². The molecular weight excluding hydrogens is 440 g/mol. The number of aromatic nitrogens is 3. The Morgan fingerprint density at radius 3 is 2.60 bits per heavy atom. The molecule has 0 aliphatic rings. The second-order valence-electron chi connectivity index (χ2n) is 8.15. The second-order valence-corrected chi connectivity index (χ2v) is 8.15. The molecule has 2 aromatic carbocycles. The van der Waals surface area contributed by atoms with Crippen LogP contribution in [0.1, 0.15) is 23.2 Å². The molecule has 0 unspecified atom stereocenters. The molecule has 8 nitrogen and oxygen atoms in total. The van der Waals surface area contributed by atoms with Crippen LogP contribution >= 0.6 is 0 Å². The Labute approximate surface area is 203 Å². The Morgan fingerprint density at radius 2 is 1.91 bits per heavy atom. The number of nitrogens with one attached hydrogen (secondary N) is 1. The highest BCUT2D eigenvalue weighted by Crippen LogP contribution is 2.38. The molecule has 4 N–H and O–H groups in total. The van der Waals surface area contributed by atoms with E-state index in [-0.39, 0.29) is 12.2 Å². The third-order valence-electron chi connectivity index (χ3n) is 5.73. The van der Waals surface area contributed by atoms with Gasteiger partial charge in [0.2, 0.25) is 0 Å². The zero-order chi connectivity index (χ0) is 24.8. The predicted molar refractivity (Wildman–Crippen MR) is 136 cm³/mol. The number of rotatable bonds is 8. The van der Waals surface area contributed by atoms with E-state index in [1.54, 1.807) is 6.08 Å². The van der Waals surface area contributed by atoms with E-state index >= 15 is 0 Å². The number of hydrogen-bond donors (Lipinski definition) is 3. The molecule has 0 aliphatic heterocycles. The van der Waals surface area contributed by atoms with Crippen LogP contribution in [0.25, 0.3) is 28.2 Å². The molecule has 35 heavy (non-hydrogen) atoms. The third-order valence-corrected chi connectivity index (χ3v) is 5.73. The Morgan fingerprint density at radius 1 is 1.17 bits per heavy atom. The molecule has 0 aliphatic carbocycles. The quantitative estimate of drug-likeness (QED) is 0.269. The number of hydrogen-bond acceptors (Lipinski definition) is 6. The lowest BCUT2D eigenvalue weighted by atomic mass is 10.0. The van der Waals surface area contributed by atoms with Crippen LogP contribution in [-0.4, -0.2) is 32.2 Å². The summed E-state index contributed by atoms with van der Waals surface area (Å²) < 4.78 is 1.88. The number of aliphatic hydroxyl groups is 1. The molecule has 1 amide bonds. The molecule has 4 rings (SSSR count). The smallest absolute Gasteiger partial charge is 0.262 e. The summed E-state index contributed by atoms with van der Waals surface area (Å²) in [6, 6.07) is 19.4. The van der Waals surface area contributed by atoms with E-state index in [0.29, 0.717) is 42.1 Å². The molecule has 0 saturated heterocycles. The standard InChI is InChI=1S/C27H26N6O2/c1-18-8-10-20(11-9-18)23-22(33(12-5-13-34)26-24(23)25(29)31-17-32-26)14-21(15-28)27(35)30-16-19-6-3-2-4-7-19/h2-4,6-11,14,17,34H,5,12-13,16H2,1H3,(H,30,35)(H2,29,31,32)/b21-14+. The molecule has 0 radical (unpaired) electrons. The van der Waals surface area contributed by atoms with E-state index in [4.69, 9.17) is 5.73 Å². The van der Waals surface area contributed by atoms with Gasteiger partial charge in [-0.15, -0.1) is 0 Å². The number of nitrogen functional groups attached to an aromatic ring is 1. The van der Waals surface area contributed by atoms with E-state index in [9.17, 15) is 15.2 Å². The van der Waals surface area contributed by atoms with Gasteiger partial charge in [0, 0.05) is 25.3 Å². The maximum Gasteiger partial charge on any atom is 0.262 e. The van der Waals surface area contributed by atoms with Gasteiger partial charge in [0.15, 0.2) is 0 Å². The van der Waals surface area contributed by atoms with Crippen molar-refractivity contribution >= 4 is 28.8 Å². The molecule has 0 saturated carbocycles. The lowest BCUT2D eigenvalue weighted by Crippen LogP contribution is -2.24. The normalized spacial score (nSPS) is 11.4. The van der Waals surface area contributed by atoms with Crippen LogP contribution in [0, 0.1) is 18.3 Å². The molecule has 8 heteroatoms. The Kier molecular flexibility index (Phi) is 7.19. The number of aryl methyl sites for hydroxylation is 2. The highest BCUT2D eigenvalue weighted by atomic mass is 16.3. The van der Waals surface area contributed by atoms with Crippen LogP contribution < -0.4 is 11.1 Å². The van der Waals surface area contributed by atoms with Gasteiger partial charge in [-0.2, -0.15) is 5.26 Å². The zero-order valence-corrected chi connectivity index (χ0v) is 19.4. The van der Waals surface area contributed by atoms with Gasteiger partial charge < -0.3 is 20.7 Å². The van der Waals surface area contributed by atoms with E-state index in [1.807, 2.05) is 72.2 Å². The van der Waals surface area contributed by atoms with Gasteiger partial charge in [0.05, 0.1) is 11.1 Å². The maximum atomic E-state index is 12.9. The van der Waals surface area contributed by atoms with Crippen molar-refractivity contribution in [1.29, 1.82) is 5.26 Å². The molecule has 0 spiro atoms. The van der Waals surface area contributed by atoms with Gasteiger partial charge in [0.1, 0.15) is 29.4 Å². The minimum Gasteiger partial charge on any atom is -0.396 e. The number of nitriles is 1. The monoisotopic (exact) mass is 466 g/mol. The topological polar surface area (TPSA) is 130 Å². The van der Waals surface area contributed by atoms with Crippen molar-refractivity contribution in [1.82, 2.24) is 19.9 Å². The Balaban J connectivity index is 1.86. The fraction of sp³-hybridized carbons (Fsp3) is 0.185. The largest absolute Gasteiger partial charge is 0.396 e. The fourth-order valence-electron chi connectivity index (χ4n) is 3.99. The summed E-state index contributed by atoms with van der Waals surface area (Å²) in [5.74, 6) is -0.181. The third kappa shape index (κ3) is 5.05. The molecule has 0 fully saturated rings. The van der Waals surface area contributed by atoms with E-state index in [2.05, 4.69) is 15.3 Å². The summed E-state index contributed by atoms with van der Waals surface area (Å²) >= 11 is 0. The summed E-state index contributed by atoms with van der Waals surface area (Å²) in [5, 5.41) is 22.8. The molecule has 4 aromatic rings. The zero-order valence-electron chi connectivity index (χ0n) is 19.4. The van der Waals surface area contributed by atoms with Gasteiger partial charge in [-0.1, -0.05) is 60.2 Å². The van der Waals surface area contributed by atoms with Crippen LogP contribution in [0.3, 0.4) is 0 Å². The summed E-state index contributed by atoms with van der Waals surface area (Å²) in [6.45, 7) is 2.70. The van der Waals surface area contributed by atoms with Crippen LogP contribution in [0.2, 0.25) is 0 Å². The number of anilines is 1. The van der Waals surface area contributed by atoms with Crippen molar-refractivity contribution in [3.8, 4) is 17.2 Å². The lowest BCUT2D eigenvalue weighted by Gasteiger charge is -2.10. The number of amides is 1. The first-order valence-electron chi connectivity index (χ1n) is 11.3. The molecule has 0 atom stereocenters. The number of aliphatic hydroxyl groups excluding tert-OH is 1. The van der Waals surface area contributed by atoms with Crippen LogP contribution in [-0.2, 0) is 17.9 Å². The molecule has 0 bridgehead atoms. The summed E-state index contributed by atoms with van der Waals surface area (Å²) in [7, 11) is 0. The predicted octanol–water partition coefficient (Wildman–Crippen LogP) is 3.59. The number of benzene rings is 2. The van der Waals surface area contributed by atoms with Crippen molar-refractivity contribution in [2.24, 2.45) is 0 Å². The van der Waals surface area contributed by atoms with Crippen molar-refractivity contribution in [3.05, 3.63) is 83.3 Å². The van der Waals surface area contributed by atoms with E-state index < -0.39 is 5.91 Å². The van der Waals surface area contributed by atoms with Gasteiger partial charge in [-0.05, 0) is 30.5 Å². The van der Waals surface area contributed by atoms with Crippen molar-refractivity contribution in [2.45, 2.75) is 26.4 Å². The number of nitrogens with zero attached hydrogens (tertiary/aromatic N) is 4. The summed E-state index contributed by atoms with van der Waals surface area (Å²) in [5.41, 5.74) is 11.0. The van der Waals surface area contributed by atoms with Gasteiger partial charge in [0.25, 0.3) is 5.91 Å². The van der Waals surface area contributed by atoms with Crippen molar-refractivity contribution in [2.75, 3.05) is 12.3 Å². The number of nitrogens with two attached hydrogens (primary N) is 1. The molecular formula is C27H26N6O2. The maximum absolute atomic E-state index is 12.9. The Bertz CT molecular complexity index is 1420. The lowest BCUT2D eigenvalue weighted by molar-refractivity contribution is -0.117. The van der Waals surface area contributed by atoms with Crippen LogP contribution in [0.5, 0.6) is 0 Å². The minimum atomic E-state index is -0.482. The first-order chi connectivity index (χ1) is 17.0. The molecule has 2 aromatic heterocycles. The fourth-order valence-corrected chi connectivity index (χ4v) is 3.99. The minimum absolute atomic E-state index is 0.0219. The number of carbonyl (C=O) groups excluding carboxylic acids is 1. The first-order valence-corrected chi connectivity index (χ1v) is 11.3. The first kappa shape index (κ1) is 23.7. The summed E-state index contributed by atoms with van der Waals surface area (Å²) in [6.07, 6.45) is 3.41. The average molecular weight is 467 g/mol. The number of carbonyl (C=O) groups is 1. The summed E-state index contributed by atoms with van der Waals surface area (Å²) in [4.78, 5) is 21.6. The van der Waals surface area contributed by atoms with Gasteiger partial charge in [-0.25, -0.2) is 9.97 Å². The molecule has 2 heterocycles. The van der Waals surface area contributed by atoms with Crippen LogP contribution in [0.4, 0.5) is 5.82 Å². The van der Waals surface area contributed by atoms with Gasteiger partial charge >= 0.3 is 0 Å². The Hall–Kier alpha value is -4.48. The highest BCUT2D eigenvalue weighted by molar-refractivity contribution is 6.08. The molecule has 176 valence electrons. The second kappa shape index (κ2) is 10.6.